The first kappa shape index (κ1) is 87.3. The molecule has 1 aliphatic heterocycles. The van der Waals surface area contributed by atoms with Crippen LogP contribution in [0.25, 0.3) is 0 Å². The van der Waals surface area contributed by atoms with Gasteiger partial charge in [0.25, 0.3) is 0 Å². The van der Waals surface area contributed by atoms with Crippen LogP contribution in [-0.4, -0.2) is 267 Å². The van der Waals surface area contributed by atoms with Crippen LogP contribution >= 0.6 is 0 Å². The van der Waals surface area contributed by atoms with E-state index >= 15 is 28.8 Å². The molecule has 26 heteroatoms. The van der Waals surface area contributed by atoms with Crippen LogP contribution in [0.3, 0.4) is 0 Å². The Morgan fingerprint density at radius 1 is 0.442 bits per heavy atom. The Bertz CT molecular complexity index is 2570. The average molecular weight is 1370 g/mol. The molecule has 0 saturated carbocycles. The second kappa shape index (κ2) is 40.8. The Kier molecular flexibility index (Phi) is 37.5. The zero-order valence-corrected chi connectivity index (χ0v) is 63.8. The molecule has 0 spiro atoms. The normalized spacial score (nSPS) is 26.4. The van der Waals surface area contributed by atoms with Crippen molar-refractivity contribution in [1.82, 2.24) is 60.5 Å². The second-order valence-corrected chi connectivity index (χ2v) is 30.6. The van der Waals surface area contributed by atoms with E-state index in [0.29, 0.717) is 32.5 Å². The van der Waals surface area contributed by atoms with Crippen LogP contribution < -0.4 is 21.3 Å². The van der Waals surface area contributed by atoms with Crippen molar-refractivity contribution >= 4 is 75.8 Å². The van der Waals surface area contributed by atoms with E-state index in [9.17, 15) is 33.3 Å². The molecule has 1 fully saturated rings. The Hall–Kier alpha value is -5.76. The molecule has 0 aromatic heterocycles. The zero-order valence-electron chi connectivity index (χ0n) is 63.0. The fourth-order valence-corrected chi connectivity index (χ4v) is 13.6. The molecule has 1 heterocycles. The minimum Gasteiger partial charge on any atom is -0.390 e. The molecule has 11 amide bonds. The van der Waals surface area contributed by atoms with Crippen LogP contribution in [-0.2, 0) is 63.5 Å². The van der Waals surface area contributed by atoms with Crippen molar-refractivity contribution in [2.45, 2.75) is 255 Å². The first-order chi connectivity index (χ1) is 44.0. The molecule has 0 aromatic carbocycles. The summed E-state index contributed by atoms with van der Waals surface area (Å²) in [6, 6.07) is -14.3. The molecule has 95 heavy (non-hydrogen) atoms. The summed E-state index contributed by atoms with van der Waals surface area (Å²) in [6.45, 7) is 35.7. The summed E-state index contributed by atoms with van der Waals surface area (Å²) < 4.78 is 14.3. The topological polar surface area (TPSA) is 299 Å². The monoisotopic (exact) mass is 1360 g/mol. The Balaban J connectivity index is 4.59. The third-order valence-corrected chi connectivity index (χ3v) is 19.9. The van der Waals surface area contributed by atoms with Crippen molar-refractivity contribution in [2.75, 3.05) is 80.5 Å². The van der Waals surface area contributed by atoms with Crippen molar-refractivity contribution in [2.24, 2.45) is 41.4 Å². The van der Waals surface area contributed by atoms with Crippen molar-refractivity contribution in [3.63, 3.8) is 0 Å². The number of aliphatic hydroxyl groups is 1. The second-order valence-electron chi connectivity index (χ2n) is 29.0. The van der Waals surface area contributed by atoms with Gasteiger partial charge in [-0.1, -0.05) is 131 Å². The highest BCUT2D eigenvalue weighted by Crippen LogP contribution is 2.26. The van der Waals surface area contributed by atoms with Crippen molar-refractivity contribution in [1.29, 1.82) is 0 Å². The number of aliphatic hydroxyl groups excluding tert-OH is 1. The van der Waals surface area contributed by atoms with E-state index in [1.165, 1.54) is 87.7 Å². The summed E-state index contributed by atoms with van der Waals surface area (Å²) in [5, 5.41) is 23.5. The summed E-state index contributed by atoms with van der Waals surface area (Å²) in [5.41, 5.74) is 0. The standard InChI is InChI=1S/C69H128N12O13S/c1-27-31-32-46(17)58(82)57-62(86)72-49(28-2)64(88)78(24)54(39-95(94)34-33-81(29-3)30-4)67(91)74(20)51(36-41(7)8)61(85)73-55(44(13)14)68(92)75(21)50(35-40(5)6)60(84)70-47(18)59(83)71-48(19)63(87)76(22)52(37-42(9)10)65(89)77(23)53(38-43(11)12)66(90)79(25)56(45(15)16)69(93)80(57)26/h40-58,82H,27-39H2,1-26H3,(H,70,84)(H,71,83)(H,72,86)(H,73,85)/t46-,47+,48-,49+,50+,51+,52+,53+,54-,55+,56+,57+,58-,95?/m1/s1. The van der Waals surface area contributed by atoms with Gasteiger partial charge in [0.2, 0.25) is 65.0 Å². The van der Waals surface area contributed by atoms with Gasteiger partial charge < -0.3 is 65.6 Å². The third-order valence-electron chi connectivity index (χ3n) is 18.5. The first-order valence-corrected chi connectivity index (χ1v) is 36.3. The SMILES string of the molecule is CCCC[C@@H](C)[C@@H](O)[C@H]1C(=O)N[C@@H](CC)C(=O)N(C)[C@H](CS(=O)CCN(CC)CC)C(=O)N(C)[C@@H](CC(C)C)C(=O)N[C@@H](C(C)C)C(=O)N(C)[C@@H](CC(C)C)C(=O)N[C@@H](C)C(=O)N[C@H](C)C(=O)N(C)[C@@H](CC(C)C)C(=O)N(C)[C@@H](CC(C)C)C(=O)N(C)[C@@H](C(C)C)C(=O)N1C. The lowest BCUT2D eigenvalue weighted by atomic mass is 9.90. The molecule has 0 aromatic rings. The van der Waals surface area contributed by atoms with Gasteiger partial charge in [0.1, 0.15) is 66.5 Å². The molecular formula is C69H128N12O13S. The predicted molar refractivity (Wildman–Crippen MR) is 373 cm³/mol. The fraction of sp³-hybridized carbons (Fsp3) is 0.841. The predicted octanol–water partition coefficient (Wildman–Crippen LogP) is 3.95. The fourth-order valence-electron chi connectivity index (χ4n) is 12.2. The number of nitrogens with one attached hydrogen (secondary N) is 4. The number of carbonyl (C=O) groups is 11. The van der Waals surface area contributed by atoms with E-state index in [1.807, 2.05) is 76.2 Å². The number of carbonyl (C=O) groups excluding carboxylic acids is 11. The maximum absolute atomic E-state index is 15.4. The van der Waals surface area contributed by atoms with Gasteiger partial charge >= 0.3 is 0 Å². The number of unbranched alkanes of at least 4 members (excludes halogenated alkanes) is 1. The Morgan fingerprint density at radius 3 is 1.28 bits per heavy atom. The van der Waals surface area contributed by atoms with E-state index in [0.717, 1.165) is 16.2 Å². The van der Waals surface area contributed by atoms with Gasteiger partial charge in [-0.2, -0.15) is 0 Å². The maximum Gasteiger partial charge on any atom is 0.246 e. The molecule has 1 unspecified atom stereocenters. The van der Waals surface area contributed by atoms with Gasteiger partial charge in [0.05, 0.1) is 11.9 Å². The molecule has 1 aliphatic rings. The molecular weight excluding hydrogens is 1240 g/mol. The van der Waals surface area contributed by atoms with Crippen LogP contribution in [0.15, 0.2) is 0 Å². The average Bonchev–Trinajstić information content (AvgIpc) is 0.881. The van der Waals surface area contributed by atoms with Gasteiger partial charge in [-0.25, -0.2) is 0 Å². The number of hydrogen-bond donors (Lipinski definition) is 5. The number of nitrogens with zero attached hydrogens (tertiary/aromatic N) is 8. The Morgan fingerprint density at radius 2 is 0.842 bits per heavy atom. The van der Waals surface area contributed by atoms with Crippen molar-refractivity contribution < 1.29 is 62.1 Å². The largest absolute Gasteiger partial charge is 0.390 e. The summed E-state index contributed by atoms with van der Waals surface area (Å²) in [5.74, 6) is -10.5. The minimum absolute atomic E-state index is 0.0515. The van der Waals surface area contributed by atoms with Gasteiger partial charge in [-0.05, 0) is 107 Å². The molecule has 1 rings (SSSR count). The van der Waals surface area contributed by atoms with E-state index in [1.54, 1.807) is 41.5 Å². The number of rotatable bonds is 23. The van der Waals surface area contributed by atoms with E-state index in [-0.39, 0.29) is 67.3 Å². The minimum atomic E-state index is -1.74. The molecule has 0 aliphatic carbocycles. The quantitative estimate of drug-likeness (QED) is 0.0969. The van der Waals surface area contributed by atoms with E-state index < -0.39 is 166 Å². The number of amides is 11. The van der Waals surface area contributed by atoms with Crippen LogP contribution in [0.5, 0.6) is 0 Å². The van der Waals surface area contributed by atoms with E-state index in [4.69, 9.17) is 0 Å². The zero-order chi connectivity index (χ0) is 73.5. The summed E-state index contributed by atoms with van der Waals surface area (Å²) in [6.07, 6.45) is 0.808. The third kappa shape index (κ3) is 25.2. The lowest BCUT2D eigenvalue weighted by Gasteiger charge is -2.41. The summed E-state index contributed by atoms with van der Waals surface area (Å²) in [4.78, 5) is 175. The van der Waals surface area contributed by atoms with Gasteiger partial charge in [0, 0.05) is 72.4 Å². The first-order valence-electron chi connectivity index (χ1n) is 34.8. The van der Waals surface area contributed by atoms with Crippen LogP contribution in [0.1, 0.15) is 183 Å². The molecule has 5 N–H and O–H groups in total. The number of likely N-dealkylation sites (N-methyl/N-ethyl adjacent to an activating group) is 7. The highest BCUT2D eigenvalue weighted by molar-refractivity contribution is 7.85. The Labute approximate surface area is 573 Å². The molecule has 25 nitrogen and oxygen atoms in total. The molecule has 0 radical (unpaired) electrons. The van der Waals surface area contributed by atoms with Crippen LogP contribution in [0.2, 0.25) is 0 Å². The van der Waals surface area contributed by atoms with Gasteiger partial charge in [0.15, 0.2) is 0 Å². The maximum atomic E-state index is 15.4. The van der Waals surface area contributed by atoms with E-state index in [2.05, 4.69) is 26.2 Å². The summed E-state index contributed by atoms with van der Waals surface area (Å²) >= 11 is 0. The van der Waals surface area contributed by atoms with Gasteiger partial charge in [-0.15, -0.1) is 0 Å². The molecule has 1 saturated heterocycles. The number of hydrogen-bond acceptors (Lipinski definition) is 14. The van der Waals surface area contributed by atoms with Gasteiger partial charge in [-0.3, -0.25) is 56.9 Å². The lowest BCUT2D eigenvalue weighted by molar-refractivity contribution is -0.157. The molecule has 548 valence electrons. The lowest BCUT2D eigenvalue weighted by Crippen LogP contribution is -2.64. The van der Waals surface area contributed by atoms with Crippen molar-refractivity contribution in [3.05, 3.63) is 0 Å². The molecule has 14 atom stereocenters. The van der Waals surface area contributed by atoms with Crippen LogP contribution in [0, 0.1) is 41.4 Å². The highest BCUT2D eigenvalue weighted by Gasteiger charge is 2.47. The highest BCUT2D eigenvalue weighted by atomic mass is 32.2. The smallest absolute Gasteiger partial charge is 0.246 e. The molecule has 0 bridgehead atoms. The van der Waals surface area contributed by atoms with Crippen molar-refractivity contribution in [3.8, 4) is 0 Å². The summed E-state index contributed by atoms with van der Waals surface area (Å²) in [7, 11) is 8.15. The van der Waals surface area contributed by atoms with Crippen LogP contribution in [0.4, 0.5) is 0 Å².